The Hall–Kier alpha value is -2.66. The van der Waals surface area contributed by atoms with E-state index in [1.807, 2.05) is 35.2 Å². The molecule has 5 heteroatoms. The summed E-state index contributed by atoms with van der Waals surface area (Å²) in [5, 5.41) is 3.04. The van der Waals surface area contributed by atoms with Crippen LogP contribution in [0.4, 0.5) is 4.79 Å². The van der Waals surface area contributed by atoms with E-state index in [1.165, 1.54) is 31.5 Å². The minimum Gasteiger partial charge on any atom is -0.334 e. The van der Waals surface area contributed by atoms with Gasteiger partial charge < -0.3 is 10.2 Å². The second-order valence-electron chi connectivity index (χ2n) is 9.43. The van der Waals surface area contributed by atoms with Crippen molar-refractivity contribution in [2.45, 2.75) is 45.7 Å². The van der Waals surface area contributed by atoms with E-state index in [9.17, 15) is 9.59 Å². The predicted molar refractivity (Wildman–Crippen MR) is 127 cm³/mol. The first kappa shape index (κ1) is 22.5. The molecule has 0 unspecified atom stereocenters. The molecule has 2 aliphatic heterocycles. The van der Waals surface area contributed by atoms with Crippen LogP contribution in [0.25, 0.3) is 0 Å². The fourth-order valence-corrected chi connectivity index (χ4v) is 4.71. The highest BCUT2D eigenvalue weighted by Crippen LogP contribution is 2.22. The number of likely N-dealkylation sites (tertiary alicyclic amines) is 2. The highest BCUT2D eigenvalue weighted by atomic mass is 16.2. The molecule has 0 spiro atoms. The minimum absolute atomic E-state index is 0.0112. The zero-order valence-corrected chi connectivity index (χ0v) is 19.1. The number of piperidine rings is 2. The first-order valence-corrected chi connectivity index (χ1v) is 12.0. The van der Waals surface area contributed by atoms with Gasteiger partial charge in [-0.05, 0) is 55.8 Å². The average molecular weight is 434 g/mol. The molecule has 2 aliphatic rings. The number of Topliss-reactive ketones (excluding diaryl/α,β-unsaturated/α-hetero) is 1. The summed E-state index contributed by atoms with van der Waals surface area (Å²) in [6.07, 6.45) is 4.04. The van der Waals surface area contributed by atoms with E-state index in [0.717, 1.165) is 36.4 Å². The van der Waals surface area contributed by atoms with Crippen molar-refractivity contribution in [2.75, 3.05) is 26.2 Å². The third-order valence-electron chi connectivity index (χ3n) is 6.96. The number of ketones is 1. The molecule has 32 heavy (non-hydrogen) atoms. The van der Waals surface area contributed by atoms with Crippen LogP contribution in [0.5, 0.6) is 0 Å². The van der Waals surface area contributed by atoms with Crippen LogP contribution in [0.15, 0.2) is 54.6 Å². The number of urea groups is 1. The molecule has 0 aliphatic carbocycles. The second kappa shape index (κ2) is 10.8. The Morgan fingerprint density at radius 2 is 1.47 bits per heavy atom. The van der Waals surface area contributed by atoms with Gasteiger partial charge in [0.2, 0.25) is 0 Å². The fraction of sp³-hybridized carbons (Fsp3) is 0.481. The Kier molecular flexibility index (Phi) is 7.59. The maximum absolute atomic E-state index is 12.6. The number of amides is 2. The fourth-order valence-electron chi connectivity index (χ4n) is 4.71. The first-order chi connectivity index (χ1) is 15.6. The number of hydrogen-bond acceptors (Lipinski definition) is 3. The Labute approximate surface area is 191 Å². The topological polar surface area (TPSA) is 52.7 Å². The number of carbonyl (C=O) groups is 2. The van der Waals surface area contributed by atoms with Gasteiger partial charge in [-0.1, -0.05) is 61.5 Å². The minimum atomic E-state index is -0.0397. The van der Waals surface area contributed by atoms with E-state index in [4.69, 9.17) is 0 Å². The summed E-state index contributed by atoms with van der Waals surface area (Å²) in [5.41, 5.74) is 3.22. The Balaban J connectivity index is 1.19. The Morgan fingerprint density at radius 3 is 2.12 bits per heavy atom. The van der Waals surface area contributed by atoms with Crippen LogP contribution in [-0.2, 0) is 13.1 Å². The van der Waals surface area contributed by atoms with E-state index < -0.39 is 0 Å². The molecule has 0 radical (unpaired) electrons. The van der Waals surface area contributed by atoms with E-state index in [2.05, 4.69) is 41.4 Å². The van der Waals surface area contributed by atoms with Gasteiger partial charge in [0.05, 0.1) is 0 Å². The zero-order valence-electron chi connectivity index (χ0n) is 19.1. The van der Waals surface area contributed by atoms with Gasteiger partial charge in [0.1, 0.15) is 0 Å². The summed E-state index contributed by atoms with van der Waals surface area (Å²) in [5.74, 6) is 1.06. The number of carbonyl (C=O) groups excluding carboxylic acids is 2. The highest BCUT2D eigenvalue weighted by Gasteiger charge is 2.27. The molecular formula is C27H35N3O2. The molecule has 0 bridgehead atoms. The molecule has 5 nitrogen and oxygen atoms in total. The van der Waals surface area contributed by atoms with Gasteiger partial charge >= 0.3 is 6.03 Å². The van der Waals surface area contributed by atoms with Crippen molar-refractivity contribution in [3.63, 3.8) is 0 Å². The molecule has 2 amide bonds. The third kappa shape index (κ3) is 5.98. The highest BCUT2D eigenvalue weighted by molar-refractivity contribution is 5.97. The van der Waals surface area contributed by atoms with Crippen molar-refractivity contribution in [1.29, 1.82) is 0 Å². The smallest absolute Gasteiger partial charge is 0.317 e. The van der Waals surface area contributed by atoms with Crippen molar-refractivity contribution in [3.8, 4) is 0 Å². The molecule has 2 aromatic rings. The van der Waals surface area contributed by atoms with Crippen LogP contribution in [0, 0.1) is 11.8 Å². The average Bonchev–Trinajstić information content (AvgIpc) is 2.85. The lowest BCUT2D eigenvalue weighted by molar-refractivity contribution is 0.0854. The van der Waals surface area contributed by atoms with Crippen LogP contribution in [0.3, 0.4) is 0 Å². The zero-order chi connectivity index (χ0) is 22.3. The van der Waals surface area contributed by atoms with Gasteiger partial charge in [0.25, 0.3) is 0 Å². The van der Waals surface area contributed by atoms with Crippen LogP contribution in [0.2, 0.25) is 0 Å². The summed E-state index contributed by atoms with van der Waals surface area (Å²) in [6, 6.07) is 18.0. The number of nitrogens with one attached hydrogen (secondary N) is 1. The van der Waals surface area contributed by atoms with Crippen LogP contribution >= 0.6 is 0 Å². The first-order valence-electron chi connectivity index (χ1n) is 12.0. The van der Waals surface area contributed by atoms with Crippen molar-refractivity contribution >= 4 is 11.8 Å². The molecule has 0 saturated carbocycles. The van der Waals surface area contributed by atoms with Gasteiger partial charge in [0.15, 0.2) is 5.78 Å². The second-order valence-corrected chi connectivity index (χ2v) is 9.43. The van der Waals surface area contributed by atoms with E-state index in [-0.39, 0.29) is 17.7 Å². The lowest BCUT2D eigenvalue weighted by Crippen LogP contribution is -2.45. The van der Waals surface area contributed by atoms with Gasteiger partial charge in [-0.25, -0.2) is 4.79 Å². The van der Waals surface area contributed by atoms with Gasteiger partial charge in [-0.3, -0.25) is 9.69 Å². The number of benzene rings is 2. The maximum Gasteiger partial charge on any atom is 0.317 e. The summed E-state index contributed by atoms with van der Waals surface area (Å²) in [7, 11) is 0. The quantitative estimate of drug-likeness (QED) is 0.671. The summed E-state index contributed by atoms with van der Waals surface area (Å²) < 4.78 is 0. The van der Waals surface area contributed by atoms with Crippen molar-refractivity contribution in [1.82, 2.24) is 15.1 Å². The summed E-state index contributed by atoms with van der Waals surface area (Å²) >= 11 is 0. The monoisotopic (exact) mass is 433 g/mol. The van der Waals surface area contributed by atoms with Crippen LogP contribution in [0.1, 0.15) is 54.1 Å². The van der Waals surface area contributed by atoms with E-state index >= 15 is 0 Å². The molecule has 2 fully saturated rings. The lowest BCUT2D eigenvalue weighted by atomic mass is 9.89. The van der Waals surface area contributed by atoms with E-state index in [1.54, 1.807) is 0 Å². The number of hydrogen-bond donors (Lipinski definition) is 1. The maximum atomic E-state index is 12.6. The molecular weight excluding hydrogens is 398 g/mol. The van der Waals surface area contributed by atoms with Crippen molar-refractivity contribution in [3.05, 3.63) is 71.3 Å². The Bertz CT molecular complexity index is 881. The summed E-state index contributed by atoms with van der Waals surface area (Å²) in [6.45, 7) is 7.51. The number of nitrogens with zero attached hydrogens (tertiary/aromatic N) is 2. The molecule has 2 saturated heterocycles. The third-order valence-corrected chi connectivity index (χ3v) is 6.96. The van der Waals surface area contributed by atoms with Crippen LogP contribution < -0.4 is 5.32 Å². The Morgan fingerprint density at radius 1 is 0.844 bits per heavy atom. The van der Waals surface area contributed by atoms with Gasteiger partial charge in [-0.15, -0.1) is 0 Å². The largest absolute Gasteiger partial charge is 0.334 e. The molecule has 170 valence electrons. The van der Waals surface area contributed by atoms with Gasteiger partial charge in [0, 0.05) is 37.7 Å². The molecule has 2 aromatic carbocycles. The SMILES string of the molecule is CC1CCN(Cc2ccc(CNC(=O)N3CCC(C(=O)c4ccccc4)CC3)cc2)CC1. The van der Waals surface area contributed by atoms with Gasteiger partial charge in [-0.2, -0.15) is 0 Å². The molecule has 2 heterocycles. The lowest BCUT2D eigenvalue weighted by Gasteiger charge is -2.31. The van der Waals surface area contributed by atoms with E-state index in [0.29, 0.717) is 19.6 Å². The number of rotatable bonds is 6. The van der Waals surface area contributed by atoms with Crippen LogP contribution in [-0.4, -0.2) is 47.8 Å². The van der Waals surface area contributed by atoms with Crippen molar-refractivity contribution in [2.24, 2.45) is 11.8 Å². The molecule has 0 atom stereocenters. The molecule has 0 aromatic heterocycles. The standard InChI is InChI=1S/C27H35N3O2/c1-21-11-15-29(16-12-21)20-23-9-7-22(8-10-23)19-28-27(32)30-17-13-25(14-18-30)26(31)24-5-3-2-4-6-24/h2-10,21,25H,11-20H2,1H3,(H,28,32). The molecule has 4 rings (SSSR count). The van der Waals surface area contributed by atoms with Crippen molar-refractivity contribution < 1.29 is 9.59 Å². The normalized spacial score (nSPS) is 18.5. The predicted octanol–water partition coefficient (Wildman–Crippen LogP) is 4.72. The molecule has 1 N–H and O–H groups in total. The summed E-state index contributed by atoms with van der Waals surface area (Å²) in [4.78, 5) is 29.6.